The highest BCUT2D eigenvalue weighted by molar-refractivity contribution is 5.93. The average Bonchev–Trinajstić information content (AvgIpc) is 3.27. The lowest BCUT2D eigenvalue weighted by atomic mass is 10.0. The summed E-state index contributed by atoms with van der Waals surface area (Å²) in [7, 11) is 3.96. The Morgan fingerprint density at radius 3 is 2.34 bits per heavy atom. The third-order valence-electron chi connectivity index (χ3n) is 6.21. The normalized spacial score (nSPS) is 14.0. The Morgan fingerprint density at radius 2 is 1.75 bits per heavy atom. The molecule has 0 radical (unpaired) electrons. The lowest BCUT2D eigenvalue weighted by Gasteiger charge is -2.18. The van der Waals surface area contributed by atoms with Crippen LogP contribution in [0.5, 0.6) is 0 Å². The molecule has 1 aromatic carbocycles. The quantitative estimate of drug-likeness (QED) is 0.623. The number of nitrogens with one attached hydrogen (secondary N) is 1. The summed E-state index contributed by atoms with van der Waals surface area (Å²) >= 11 is 0. The van der Waals surface area contributed by atoms with Gasteiger partial charge in [-0.3, -0.25) is 18.7 Å². The fourth-order valence-electron chi connectivity index (χ4n) is 4.34. The summed E-state index contributed by atoms with van der Waals surface area (Å²) in [5, 5.41) is 2.73. The number of aromatic nitrogens is 2. The number of hydrogen-bond donors (Lipinski definition) is 2. The number of carbonyl (C=O) groups is 1. The molecule has 8 nitrogen and oxygen atoms in total. The highest BCUT2D eigenvalue weighted by Crippen LogP contribution is 2.28. The topological polar surface area (TPSA) is 102 Å². The molecule has 3 rings (SSSR count). The van der Waals surface area contributed by atoms with Gasteiger partial charge in [0.15, 0.2) is 0 Å². The number of benzene rings is 1. The van der Waals surface area contributed by atoms with Gasteiger partial charge in [-0.05, 0) is 49.3 Å². The molecule has 1 aliphatic rings. The molecule has 1 aromatic heterocycles. The highest BCUT2D eigenvalue weighted by atomic mass is 16.2. The van der Waals surface area contributed by atoms with Crippen molar-refractivity contribution in [1.82, 2.24) is 9.13 Å². The lowest BCUT2D eigenvalue weighted by molar-refractivity contribution is -0.117. The molecule has 1 aliphatic carbocycles. The van der Waals surface area contributed by atoms with Crippen LogP contribution in [0.25, 0.3) is 0 Å². The number of rotatable bonds is 9. The zero-order valence-electron chi connectivity index (χ0n) is 19.4. The van der Waals surface area contributed by atoms with Gasteiger partial charge in [-0.1, -0.05) is 31.9 Å². The molecule has 1 heterocycles. The summed E-state index contributed by atoms with van der Waals surface area (Å²) in [4.78, 5) is 40.6. The van der Waals surface area contributed by atoms with Crippen LogP contribution in [-0.4, -0.2) is 29.1 Å². The van der Waals surface area contributed by atoms with E-state index in [0.29, 0.717) is 31.7 Å². The minimum absolute atomic E-state index is 0.0176. The van der Waals surface area contributed by atoms with Crippen LogP contribution in [0.1, 0.15) is 51.0 Å². The molecule has 3 N–H and O–H groups in total. The summed E-state index contributed by atoms with van der Waals surface area (Å²) in [6.07, 6.45) is 5.94. The predicted octanol–water partition coefficient (Wildman–Crippen LogP) is 2.83. The Morgan fingerprint density at radius 1 is 1.09 bits per heavy atom. The van der Waals surface area contributed by atoms with Gasteiger partial charge in [-0.15, -0.1) is 0 Å². The van der Waals surface area contributed by atoms with E-state index in [-0.39, 0.29) is 24.0 Å². The molecule has 1 fully saturated rings. The maximum atomic E-state index is 13.0. The van der Waals surface area contributed by atoms with E-state index in [1.807, 2.05) is 50.2 Å². The van der Waals surface area contributed by atoms with Gasteiger partial charge in [-0.25, -0.2) is 4.79 Å². The highest BCUT2D eigenvalue weighted by Gasteiger charge is 2.22. The summed E-state index contributed by atoms with van der Waals surface area (Å²) in [6.45, 7) is 2.50. The molecule has 0 atom stereocenters. The minimum atomic E-state index is -0.527. The van der Waals surface area contributed by atoms with Crippen LogP contribution >= 0.6 is 0 Å². The van der Waals surface area contributed by atoms with Crippen molar-refractivity contribution in [2.75, 3.05) is 30.0 Å². The van der Waals surface area contributed by atoms with Crippen molar-refractivity contribution in [3.05, 3.63) is 50.7 Å². The van der Waals surface area contributed by atoms with E-state index >= 15 is 0 Å². The van der Waals surface area contributed by atoms with Crippen molar-refractivity contribution in [2.45, 2.75) is 65.0 Å². The first-order valence-corrected chi connectivity index (χ1v) is 11.5. The van der Waals surface area contributed by atoms with Gasteiger partial charge in [0.05, 0.1) is 0 Å². The number of amides is 1. The van der Waals surface area contributed by atoms with Crippen molar-refractivity contribution < 1.29 is 4.79 Å². The van der Waals surface area contributed by atoms with Gasteiger partial charge in [0, 0.05) is 39.3 Å². The van der Waals surface area contributed by atoms with Crippen molar-refractivity contribution in [1.29, 1.82) is 0 Å². The van der Waals surface area contributed by atoms with E-state index in [4.69, 9.17) is 5.73 Å². The standard InChI is InChI=1S/C24H35N5O3/c1-4-14-29-23(31)21(26-20(30)16-18-7-5-6-8-18)22(25)28(24(29)32)15-13-17-9-11-19(12-10-17)27(2)3/h9-12,18H,4-8,13-16,25H2,1-3H3,(H,26,30). The third kappa shape index (κ3) is 5.41. The van der Waals surface area contributed by atoms with E-state index in [9.17, 15) is 14.4 Å². The maximum Gasteiger partial charge on any atom is 0.332 e. The van der Waals surface area contributed by atoms with Crippen LogP contribution < -0.4 is 27.2 Å². The summed E-state index contributed by atoms with van der Waals surface area (Å²) < 4.78 is 2.58. The van der Waals surface area contributed by atoms with Crippen LogP contribution in [0.15, 0.2) is 33.9 Å². The fraction of sp³-hybridized carbons (Fsp3) is 0.542. The Hall–Kier alpha value is -3.03. The number of carbonyl (C=O) groups excluding carboxylic acids is 1. The number of nitrogens with zero attached hydrogens (tertiary/aromatic N) is 3. The smallest absolute Gasteiger partial charge is 0.332 e. The average molecular weight is 442 g/mol. The van der Waals surface area contributed by atoms with Crippen LogP contribution in [-0.2, 0) is 24.3 Å². The largest absolute Gasteiger partial charge is 0.383 e. The molecule has 0 unspecified atom stereocenters. The Kier molecular flexibility index (Phi) is 7.77. The predicted molar refractivity (Wildman–Crippen MR) is 129 cm³/mol. The second kappa shape index (κ2) is 10.5. The van der Waals surface area contributed by atoms with Crippen LogP contribution in [0.4, 0.5) is 17.2 Å². The number of anilines is 3. The molecule has 174 valence electrons. The number of nitrogens with two attached hydrogens (primary N) is 1. The summed E-state index contributed by atoms with van der Waals surface area (Å²) in [6, 6.07) is 8.08. The lowest BCUT2D eigenvalue weighted by Crippen LogP contribution is -2.43. The zero-order chi connectivity index (χ0) is 23.3. The number of nitrogen functional groups attached to an aromatic ring is 1. The van der Waals surface area contributed by atoms with Gasteiger partial charge < -0.3 is 16.0 Å². The molecule has 0 aliphatic heterocycles. The molecule has 1 amide bonds. The minimum Gasteiger partial charge on any atom is -0.383 e. The van der Waals surface area contributed by atoms with E-state index in [1.54, 1.807) is 0 Å². The van der Waals surface area contributed by atoms with Crippen LogP contribution in [0.3, 0.4) is 0 Å². The first-order chi connectivity index (χ1) is 15.3. The molecule has 0 bridgehead atoms. The molecule has 0 spiro atoms. The fourth-order valence-corrected chi connectivity index (χ4v) is 4.34. The van der Waals surface area contributed by atoms with Gasteiger partial charge in [0.2, 0.25) is 5.91 Å². The molecule has 1 saturated carbocycles. The number of aryl methyl sites for hydroxylation is 1. The first-order valence-electron chi connectivity index (χ1n) is 11.5. The first kappa shape index (κ1) is 23.6. The second-order valence-corrected chi connectivity index (χ2v) is 8.86. The zero-order valence-corrected chi connectivity index (χ0v) is 19.4. The van der Waals surface area contributed by atoms with Crippen LogP contribution in [0.2, 0.25) is 0 Å². The molecule has 0 saturated heterocycles. The molecule has 2 aromatic rings. The van der Waals surface area contributed by atoms with E-state index in [2.05, 4.69) is 5.32 Å². The molecular weight excluding hydrogens is 406 g/mol. The Labute approximate surface area is 189 Å². The maximum absolute atomic E-state index is 13.0. The molecular formula is C24H35N5O3. The SMILES string of the molecule is CCCn1c(=O)c(NC(=O)CC2CCCC2)c(N)n(CCc2ccc(N(C)C)cc2)c1=O. The van der Waals surface area contributed by atoms with E-state index < -0.39 is 11.2 Å². The van der Waals surface area contributed by atoms with Crippen molar-refractivity contribution in [2.24, 2.45) is 5.92 Å². The second-order valence-electron chi connectivity index (χ2n) is 8.86. The van der Waals surface area contributed by atoms with E-state index in [0.717, 1.165) is 36.9 Å². The Balaban J connectivity index is 1.86. The third-order valence-corrected chi connectivity index (χ3v) is 6.21. The van der Waals surface area contributed by atoms with Crippen LogP contribution in [0, 0.1) is 5.92 Å². The van der Waals surface area contributed by atoms with E-state index in [1.165, 1.54) is 9.13 Å². The Bertz CT molecular complexity index is 1050. The van der Waals surface area contributed by atoms with Crippen molar-refractivity contribution in [3.63, 3.8) is 0 Å². The van der Waals surface area contributed by atoms with Gasteiger partial charge in [0.1, 0.15) is 11.5 Å². The van der Waals surface area contributed by atoms with Crippen molar-refractivity contribution in [3.8, 4) is 0 Å². The summed E-state index contributed by atoms with van der Waals surface area (Å²) in [5.41, 5.74) is 7.47. The number of hydrogen-bond acceptors (Lipinski definition) is 5. The van der Waals surface area contributed by atoms with Crippen molar-refractivity contribution >= 4 is 23.1 Å². The molecule has 32 heavy (non-hydrogen) atoms. The molecule has 8 heteroatoms. The summed E-state index contributed by atoms with van der Waals surface area (Å²) in [5.74, 6) is 0.162. The van der Waals surface area contributed by atoms with Gasteiger partial charge in [-0.2, -0.15) is 0 Å². The van der Waals surface area contributed by atoms with Gasteiger partial charge >= 0.3 is 5.69 Å². The van der Waals surface area contributed by atoms with Gasteiger partial charge in [0.25, 0.3) is 5.56 Å². The monoisotopic (exact) mass is 441 g/mol.